The van der Waals surface area contributed by atoms with Gasteiger partial charge in [-0.2, -0.15) is 0 Å². The fraction of sp³-hybridized carbons (Fsp3) is 0.545. The van der Waals surface area contributed by atoms with Crippen LogP contribution in [0.2, 0.25) is 0 Å². The van der Waals surface area contributed by atoms with Crippen molar-refractivity contribution in [2.45, 2.75) is 26.4 Å². The van der Waals surface area contributed by atoms with Crippen molar-refractivity contribution < 1.29 is 9.53 Å². The zero-order valence-corrected chi connectivity index (χ0v) is 10.9. The van der Waals surface area contributed by atoms with Gasteiger partial charge in [-0.15, -0.1) is 0 Å². The normalized spacial score (nSPS) is 11.1. The lowest BCUT2D eigenvalue weighted by Crippen LogP contribution is -2.40. The van der Waals surface area contributed by atoms with E-state index in [9.17, 15) is 4.79 Å². The maximum absolute atomic E-state index is 11.8. The van der Waals surface area contributed by atoms with Crippen molar-refractivity contribution in [3.05, 3.63) is 18.1 Å². The van der Waals surface area contributed by atoms with Crippen molar-refractivity contribution in [1.82, 2.24) is 15.3 Å². The number of nitrogens with one attached hydrogen (secondary N) is 2. The molecule has 0 unspecified atom stereocenters. The van der Waals surface area contributed by atoms with Crippen LogP contribution >= 0.6 is 0 Å². The van der Waals surface area contributed by atoms with Gasteiger partial charge in [-0.25, -0.2) is 10.8 Å². The minimum Gasteiger partial charge on any atom is -0.374 e. The summed E-state index contributed by atoms with van der Waals surface area (Å²) < 4.78 is 5.48. The number of aromatic nitrogens is 2. The molecule has 0 aliphatic heterocycles. The van der Waals surface area contributed by atoms with E-state index in [-0.39, 0.29) is 11.6 Å². The number of amides is 1. The zero-order valence-electron chi connectivity index (χ0n) is 10.9. The summed E-state index contributed by atoms with van der Waals surface area (Å²) in [4.78, 5) is 19.7. The number of nitrogen functional groups attached to an aromatic ring is 1. The van der Waals surface area contributed by atoms with Crippen LogP contribution in [0.1, 0.15) is 31.3 Å². The predicted molar refractivity (Wildman–Crippen MR) is 67.9 cm³/mol. The molecule has 0 spiro atoms. The number of nitrogens with two attached hydrogens (primary N) is 1. The van der Waals surface area contributed by atoms with Crippen LogP contribution in [-0.4, -0.2) is 34.6 Å². The van der Waals surface area contributed by atoms with Gasteiger partial charge in [0.2, 0.25) is 0 Å². The molecule has 0 bridgehead atoms. The summed E-state index contributed by atoms with van der Waals surface area (Å²) in [6.45, 7) is 6.70. The third kappa shape index (κ3) is 4.27. The molecule has 7 heteroatoms. The Labute approximate surface area is 106 Å². The fourth-order valence-electron chi connectivity index (χ4n) is 1.37. The molecule has 0 atom stereocenters. The number of nitrogens with zero attached hydrogens (tertiary/aromatic N) is 2. The van der Waals surface area contributed by atoms with Crippen molar-refractivity contribution in [2.24, 2.45) is 5.84 Å². The van der Waals surface area contributed by atoms with E-state index in [1.165, 1.54) is 12.4 Å². The van der Waals surface area contributed by atoms with Crippen LogP contribution in [-0.2, 0) is 4.74 Å². The van der Waals surface area contributed by atoms with Gasteiger partial charge in [-0.3, -0.25) is 9.78 Å². The molecular formula is C11H19N5O2. The van der Waals surface area contributed by atoms with E-state index in [1.54, 1.807) is 0 Å². The summed E-state index contributed by atoms with van der Waals surface area (Å²) in [6, 6.07) is 0. The molecule has 0 aliphatic carbocycles. The summed E-state index contributed by atoms with van der Waals surface area (Å²) in [6.07, 6.45) is 2.81. The van der Waals surface area contributed by atoms with Gasteiger partial charge < -0.3 is 15.5 Å². The van der Waals surface area contributed by atoms with Crippen molar-refractivity contribution in [3.63, 3.8) is 0 Å². The van der Waals surface area contributed by atoms with Crippen LogP contribution in [0.4, 0.5) is 5.82 Å². The van der Waals surface area contributed by atoms with E-state index in [0.717, 1.165) is 0 Å². The fourth-order valence-corrected chi connectivity index (χ4v) is 1.37. The Morgan fingerprint density at radius 1 is 1.50 bits per heavy atom. The summed E-state index contributed by atoms with van der Waals surface area (Å²) in [5, 5.41) is 2.74. The standard InChI is InChI=1S/C11H19N5O2/c1-4-18-11(2,3)7-14-10(17)8-5-13-6-9(15-8)16-12/h5-6H,4,7,12H2,1-3H3,(H,14,17)(H,15,16). The van der Waals surface area contributed by atoms with Crippen LogP contribution in [0.5, 0.6) is 0 Å². The topological polar surface area (TPSA) is 102 Å². The highest BCUT2D eigenvalue weighted by Gasteiger charge is 2.19. The van der Waals surface area contributed by atoms with Gasteiger partial charge in [0.25, 0.3) is 5.91 Å². The maximum Gasteiger partial charge on any atom is 0.271 e. The number of ether oxygens (including phenoxy) is 1. The minimum absolute atomic E-state index is 0.206. The van der Waals surface area contributed by atoms with Crippen LogP contribution in [0.15, 0.2) is 12.4 Å². The molecule has 7 nitrogen and oxygen atoms in total. The number of anilines is 1. The first-order valence-electron chi connectivity index (χ1n) is 5.69. The summed E-state index contributed by atoms with van der Waals surface area (Å²) in [5.74, 6) is 5.22. The largest absolute Gasteiger partial charge is 0.374 e. The Bertz CT molecular complexity index is 408. The molecule has 0 saturated carbocycles. The van der Waals surface area contributed by atoms with Crippen LogP contribution in [0, 0.1) is 0 Å². The van der Waals surface area contributed by atoms with Gasteiger partial charge in [-0.05, 0) is 20.8 Å². The third-order valence-electron chi connectivity index (χ3n) is 2.22. The van der Waals surface area contributed by atoms with E-state index in [4.69, 9.17) is 10.6 Å². The SMILES string of the molecule is CCOC(C)(C)CNC(=O)c1cncc(NN)n1. The molecule has 0 saturated heterocycles. The van der Waals surface area contributed by atoms with Crippen molar-refractivity contribution in [3.8, 4) is 0 Å². The molecule has 1 amide bonds. The molecule has 18 heavy (non-hydrogen) atoms. The Balaban J connectivity index is 2.60. The molecule has 0 fully saturated rings. The quantitative estimate of drug-likeness (QED) is 0.498. The lowest BCUT2D eigenvalue weighted by molar-refractivity contribution is -0.00818. The second-order valence-corrected chi connectivity index (χ2v) is 4.31. The Morgan fingerprint density at radius 2 is 2.22 bits per heavy atom. The summed E-state index contributed by atoms with van der Waals surface area (Å²) in [7, 11) is 0. The van der Waals surface area contributed by atoms with Crippen molar-refractivity contribution in [1.29, 1.82) is 0 Å². The zero-order chi connectivity index (χ0) is 13.6. The molecule has 1 heterocycles. The first-order chi connectivity index (χ1) is 8.48. The number of carbonyl (C=O) groups is 1. The third-order valence-corrected chi connectivity index (χ3v) is 2.22. The second kappa shape index (κ2) is 6.27. The van der Waals surface area contributed by atoms with Gasteiger partial charge in [0, 0.05) is 13.2 Å². The highest BCUT2D eigenvalue weighted by atomic mass is 16.5. The molecule has 1 rings (SSSR count). The lowest BCUT2D eigenvalue weighted by atomic mass is 10.1. The molecule has 4 N–H and O–H groups in total. The number of carbonyl (C=O) groups excluding carboxylic acids is 1. The average Bonchev–Trinajstić information content (AvgIpc) is 2.36. The van der Waals surface area contributed by atoms with Gasteiger partial charge in [0.1, 0.15) is 5.69 Å². The first-order valence-corrected chi connectivity index (χ1v) is 5.69. The van der Waals surface area contributed by atoms with Crippen LogP contribution in [0.3, 0.4) is 0 Å². The minimum atomic E-state index is -0.415. The predicted octanol–water partition coefficient (Wildman–Crippen LogP) is 0.307. The highest BCUT2D eigenvalue weighted by Crippen LogP contribution is 2.07. The van der Waals surface area contributed by atoms with Gasteiger partial charge in [0.15, 0.2) is 5.82 Å². The van der Waals surface area contributed by atoms with Gasteiger partial charge in [0.05, 0.1) is 18.0 Å². The van der Waals surface area contributed by atoms with Gasteiger partial charge in [-0.1, -0.05) is 0 Å². The monoisotopic (exact) mass is 253 g/mol. The van der Waals surface area contributed by atoms with Crippen LogP contribution < -0.4 is 16.6 Å². The lowest BCUT2D eigenvalue weighted by Gasteiger charge is -2.24. The van der Waals surface area contributed by atoms with E-state index in [0.29, 0.717) is 19.0 Å². The number of hydrogen-bond acceptors (Lipinski definition) is 6. The Kier molecular flexibility index (Phi) is 4.99. The Morgan fingerprint density at radius 3 is 2.83 bits per heavy atom. The molecule has 0 radical (unpaired) electrons. The first kappa shape index (κ1) is 14.3. The van der Waals surface area contributed by atoms with E-state index in [2.05, 4.69) is 20.7 Å². The van der Waals surface area contributed by atoms with Crippen molar-refractivity contribution >= 4 is 11.7 Å². The molecule has 0 aliphatic rings. The Hall–Kier alpha value is -1.73. The molecular weight excluding hydrogens is 234 g/mol. The van der Waals surface area contributed by atoms with Gasteiger partial charge >= 0.3 is 0 Å². The summed E-state index contributed by atoms with van der Waals surface area (Å²) in [5.41, 5.74) is 2.13. The number of hydrogen-bond donors (Lipinski definition) is 3. The van der Waals surface area contributed by atoms with E-state index < -0.39 is 5.60 Å². The van der Waals surface area contributed by atoms with E-state index >= 15 is 0 Å². The van der Waals surface area contributed by atoms with Crippen molar-refractivity contribution in [2.75, 3.05) is 18.6 Å². The molecule has 1 aromatic rings. The highest BCUT2D eigenvalue weighted by molar-refractivity contribution is 5.92. The summed E-state index contributed by atoms with van der Waals surface area (Å²) >= 11 is 0. The van der Waals surface area contributed by atoms with E-state index in [1.807, 2.05) is 20.8 Å². The smallest absolute Gasteiger partial charge is 0.271 e. The number of rotatable bonds is 6. The average molecular weight is 253 g/mol. The van der Waals surface area contributed by atoms with Crippen LogP contribution in [0.25, 0.3) is 0 Å². The molecule has 100 valence electrons. The maximum atomic E-state index is 11.8. The second-order valence-electron chi connectivity index (χ2n) is 4.31. The molecule has 1 aromatic heterocycles. The number of hydrazine groups is 1. The molecule has 0 aromatic carbocycles.